The second-order valence-corrected chi connectivity index (χ2v) is 14.7. The second-order valence-electron chi connectivity index (χ2n) is 11.7. The molecule has 0 heterocycles. The Kier molecular flexibility index (Phi) is 11.0. The van der Waals surface area contributed by atoms with Crippen molar-refractivity contribution in [2.24, 2.45) is 0 Å². The van der Waals surface area contributed by atoms with E-state index in [1.807, 2.05) is 101 Å². The Morgan fingerprint density at radius 2 is 1.52 bits per heavy atom. The van der Waals surface area contributed by atoms with Crippen LogP contribution < -0.4 is 9.62 Å². The lowest BCUT2D eigenvalue weighted by Gasteiger charge is -2.36. The summed E-state index contributed by atoms with van der Waals surface area (Å²) in [4.78, 5) is 29.7. The molecule has 1 unspecified atom stereocenters. The smallest absolute Gasteiger partial charge is 0.304 e. The first-order valence-corrected chi connectivity index (χ1v) is 15.9. The topological polar surface area (TPSA) is 90.0 Å². The third-order valence-corrected chi connectivity index (χ3v) is 9.02. The van der Waals surface area contributed by atoms with Crippen LogP contribution in [0, 0.1) is 13.8 Å². The highest BCUT2D eigenvalue weighted by Gasteiger charge is 2.36. The van der Waals surface area contributed by atoms with Gasteiger partial charge in [-0.25, -0.2) is 4.31 Å². The van der Waals surface area contributed by atoms with Gasteiger partial charge in [0.1, 0.15) is 12.6 Å². The summed E-state index contributed by atoms with van der Waals surface area (Å²) in [6.07, 6.45) is 0.259. The molecular weight excluding hydrogens is 616 g/mol. The summed E-state index contributed by atoms with van der Waals surface area (Å²) in [6, 6.07) is 21.6. The Labute approximate surface area is 259 Å². The summed E-state index contributed by atoms with van der Waals surface area (Å²) >= 11 is 3.45. The highest BCUT2D eigenvalue weighted by atomic mass is 79.9. The molecule has 2 amide bonds. The number of hydrogen-bond acceptors (Lipinski definition) is 4. The molecular formula is C32H41BrN4O4S. The summed E-state index contributed by atoms with van der Waals surface area (Å²) in [5.41, 5.74) is 3.13. The number of benzene rings is 3. The van der Waals surface area contributed by atoms with E-state index in [0.29, 0.717) is 11.3 Å². The molecule has 10 heteroatoms. The summed E-state index contributed by atoms with van der Waals surface area (Å²) in [5, 5.41) is 3.04. The van der Waals surface area contributed by atoms with Gasteiger partial charge in [-0.15, -0.1) is 0 Å². The first-order valence-electron chi connectivity index (χ1n) is 13.8. The Balaban J connectivity index is 2.14. The molecule has 226 valence electrons. The molecule has 1 N–H and O–H groups in total. The number of nitrogens with zero attached hydrogens (tertiary/aromatic N) is 3. The lowest BCUT2D eigenvalue weighted by atomic mass is 10.0. The number of hydrogen-bond donors (Lipinski definition) is 1. The summed E-state index contributed by atoms with van der Waals surface area (Å²) in [5.74, 6) is -0.806. The van der Waals surface area contributed by atoms with E-state index in [0.717, 1.165) is 29.8 Å². The monoisotopic (exact) mass is 656 g/mol. The van der Waals surface area contributed by atoms with Gasteiger partial charge in [-0.05, 0) is 75.1 Å². The van der Waals surface area contributed by atoms with Gasteiger partial charge in [-0.3, -0.25) is 9.59 Å². The van der Waals surface area contributed by atoms with Crippen LogP contribution in [-0.2, 0) is 32.8 Å². The van der Waals surface area contributed by atoms with E-state index in [9.17, 15) is 18.0 Å². The Morgan fingerprint density at radius 1 is 0.905 bits per heavy atom. The van der Waals surface area contributed by atoms with Crippen molar-refractivity contribution < 1.29 is 18.0 Å². The molecule has 0 saturated carbocycles. The van der Waals surface area contributed by atoms with E-state index in [1.165, 1.54) is 19.0 Å². The normalized spacial score (nSPS) is 12.6. The third-order valence-electron chi connectivity index (χ3n) is 6.69. The lowest BCUT2D eigenvalue weighted by molar-refractivity contribution is -0.140. The lowest BCUT2D eigenvalue weighted by Crippen LogP contribution is -2.56. The number of halogens is 1. The number of amides is 2. The van der Waals surface area contributed by atoms with Crippen LogP contribution in [-0.4, -0.2) is 61.7 Å². The molecule has 3 aromatic rings. The van der Waals surface area contributed by atoms with Crippen LogP contribution in [0.4, 0.5) is 5.69 Å². The van der Waals surface area contributed by atoms with Crippen LogP contribution >= 0.6 is 15.9 Å². The van der Waals surface area contributed by atoms with Crippen molar-refractivity contribution in [1.82, 2.24) is 14.5 Å². The molecule has 3 rings (SSSR count). The molecule has 0 bridgehead atoms. The van der Waals surface area contributed by atoms with E-state index >= 15 is 0 Å². The van der Waals surface area contributed by atoms with Crippen LogP contribution in [0.1, 0.15) is 43.0 Å². The van der Waals surface area contributed by atoms with Gasteiger partial charge >= 0.3 is 10.2 Å². The fourth-order valence-corrected chi connectivity index (χ4v) is 5.86. The van der Waals surface area contributed by atoms with Gasteiger partial charge in [0.05, 0.1) is 5.69 Å². The van der Waals surface area contributed by atoms with E-state index in [2.05, 4.69) is 21.2 Å². The average molecular weight is 658 g/mol. The maximum Gasteiger partial charge on any atom is 0.304 e. The highest BCUT2D eigenvalue weighted by Crippen LogP contribution is 2.26. The summed E-state index contributed by atoms with van der Waals surface area (Å²) < 4.78 is 30.4. The largest absolute Gasteiger partial charge is 0.350 e. The molecule has 1 atom stereocenters. The van der Waals surface area contributed by atoms with Gasteiger partial charge in [-0.2, -0.15) is 12.7 Å². The molecule has 0 aliphatic rings. The van der Waals surface area contributed by atoms with Gasteiger partial charge in [-0.1, -0.05) is 70.5 Å². The molecule has 0 saturated heterocycles. The summed E-state index contributed by atoms with van der Waals surface area (Å²) in [6.45, 7) is 8.98. The number of carbonyl (C=O) groups is 2. The minimum absolute atomic E-state index is 0.115. The molecule has 0 aromatic heterocycles. The zero-order valence-electron chi connectivity index (χ0n) is 25.4. The van der Waals surface area contributed by atoms with Crippen LogP contribution in [0.2, 0.25) is 0 Å². The molecule has 0 aliphatic carbocycles. The van der Waals surface area contributed by atoms with Gasteiger partial charge in [0.25, 0.3) is 0 Å². The first kappa shape index (κ1) is 33.3. The third kappa shape index (κ3) is 8.89. The average Bonchev–Trinajstić information content (AvgIpc) is 2.91. The van der Waals surface area contributed by atoms with Gasteiger partial charge in [0.2, 0.25) is 11.8 Å². The number of anilines is 1. The van der Waals surface area contributed by atoms with E-state index in [-0.39, 0.29) is 18.9 Å². The van der Waals surface area contributed by atoms with E-state index < -0.39 is 34.2 Å². The van der Waals surface area contributed by atoms with Crippen molar-refractivity contribution >= 4 is 43.6 Å². The maximum atomic E-state index is 14.4. The van der Waals surface area contributed by atoms with Crippen molar-refractivity contribution in [3.63, 3.8) is 0 Å². The number of rotatable bonds is 11. The predicted octanol–water partition coefficient (Wildman–Crippen LogP) is 5.23. The van der Waals surface area contributed by atoms with E-state index in [4.69, 9.17) is 0 Å². The van der Waals surface area contributed by atoms with Crippen molar-refractivity contribution in [2.75, 3.05) is 24.9 Å². The minimum Gasteiger partial charge on any atom is -0.350 e. The Bertz CT molecular complexity index is 1490. The molecule has 0 fully saturated rings. The fourth-order valence-electron chi connectivity index (χ4n) is 4.48. The second kappa shape index (κ2) is 13.8. The predicted molar refractivity (Wildman–Crippen MR) is 172 cm³/mol. The van der Waals surface area contributed by atoms with Crippen LogP contribution in [0.5, 0.6) is 0 Å². The van der Waals surface area contributed by atoms with Crippen molar-refractivity contribution in [2.45, 2.75) is 59.2 Å². The van der Waals surface area contributed by atoms with Crippen LogP contribution in [0.15, 0.2) is 77.3 Å². The Morgan fingerprint density at radius 3 is 2.10 bits per heavy atom. The maximum absolute atomic E-state index is 14.4. The number of carbonyl (C=O) groups excluding carboxylic acids is 2. The summed E-state index contributed by atoms with van der Waals surface area (Å²) in [7, 11) is -1.19. The zero-order chi connectivity index (χ0) is 31.2. The SMILES string of the molecule is Cc1ccc(C)c(N(CC(=O)N(Cc2ccc(Br)cc2)C(Cc2ccccc2)C(=O)NC(C)(C)C)S(=O)(=O)N(C)C)c1. The van der Waals surface area contributed by atoms with Crippen molar-refractivity contribution in [1.29, 1.82) is 0 Å². The van der Waals surface area contributed by atoms with Crippen LogP contribution in [0.3, 0.4) is 0 Å². The van der Waals surface area contributed by atoms with E-state index in [1.54, 1.807) is 6.07 Å². The van der Waals surface area contributed by atoms with Gasteiger partial charge < -0.3 is 10.2 Å². The molecule has 8 nitrogen and oxygen atoms in total. The van der Waals surface area contributed by atoms with Crippen LogP contribution in [0.25, 0.3) is 0 Å². The van der Waals surface area contributed by atoms with Crippen molar-refractivity contribution in [3.8, 4) is 0 Å². The molecule has 0 radical (unpaired) electrons. The molecule has 42 heavy (non-hydrogen) atoms. The minimum atomic E-state index is -4.06. The molecule has 0 spiro atoms. The highest BCUT2D eigenvalue weighted by molar-refractivity contribution is 9.10. The molecule has 0 aliphatic heterocycles. The standard InChI is InChI=1S/C32H41BrN4O4S/c1-23-13-14-24(2)28(19-23)37(42(40,41)35(6)7)22-30(38)36(21-26-15-17-27(33)18-16-26)29(31(39)34-32(3,4)5)20-25-11-9-8-10-12-25/h8-19,29H,20-22H2,1-7H3,(H,34,39). The Hall–Kier alpha value is -3.21. The fraction of sp³-hybridized carbons (Fsp3) is 0.375. The quantitative estimate of drug-likeness (QED) is 0.306. The number of nitrogens with one attached hydrogen (secondary N) is 1. The molecule has 3 aromatic carbocycles. The zero-order valence-corrected chi connectivity index (χ0v) is 27.8. The number of aryl methyl sites for hydroxylation is 2. The van der Waals surface area contributed by atoms with Gasteiger partial charge in [0.15, 0.2) is 0 Å². The van der Waals surface area contributed by atoms with Crippen molar-refractivity contribution in [3.05, 3.63) is 99.5 Å². The van der Waals surface area contributed by atoms with Gasteiger partial charge in [0, 0.05) is 37.1 Å². The first-order chi connectivity index (χ1) is 19.6.